The molecule has 20 heavy (non-hydrogen) atoms. The summed E-state index contributed by atoms with van der Waals surface area (Å²) < 4.78 is 26.0. The molecule has 0 radical (unpaired) electrons. The molecule has 0 unspecified atom stereocenters. The van der Waals surface area contributed by atoms with Gasteiger partial charge in [-0.05, 0) is 37.5 Å². The van der Waals surface area contributed by atoms with Crippen molar-refractivity contribution in [2.45, 2.75) is 25.3 Å². The highest BCUT2D eigenvalue weighted by molar-refractivity contribution is 7.89. The fourth-order valence-corrected chi connectivity index (χ4v) is 6.03. The molecule has 0 aliphatic carbocycles. The first-order valence-corrected chi connectivity index (χ1v) is 8.72. The van der Waals surface area contributed by atoms with E-state index in [-0.39, 0.29) is 5.75 Å². The second kappa shape index (κ2) is 3.78. The number of benzene rings is 1. The fourth-order valence-electron chi connectivity index (χ4n) is 3.70. The van der Waals surface area contributed by atoms with E-state index in [1.54, 1.807) is 4.31 Å². The maximum Gasteiger partial charge on any atom is 0.215 e. The Labute approximate surface area is 122 Å². The molecule has 0 spiro atoms. The minimum absolute atomic E-state index is 0.228. The number of fused-ring (bicyclic) bond motifs is 5. The van der Waals surface area contributed by atoms with Gasteiger partial charge in [-0.2, -0.15) is 4.31 Å². The third kappa shape index (κ3) is 1.43. The third-order valence-electron chi connectivity index (χ3n) is 4.71. The molecule has 1 fully saturated rings. The molecule has 1 aromatic heterocycles. The van der Waals surface area contributed by atoms with Crippen LogP contribution in [0.1, 0.15) is 24.6 Å². The van der Waals surface area contributed by atoms with E-state index in [2.05, 4.69) is 4.98 Å². The zero-order valence-corrected chi connectivity index (χ0v) is 12.7. The normalized spacial score (nSPS) is 28.5. The molecule has 2 aliphatic rings. The van der Waals surface area contributed by atoms with Crippen LogP contribution in [0.5, 0.6) is 0 Å². The second-order valence-corrected chi connectivity index (χ2v) is 8.22. The van der Waals surface area contributed by atoms with Gasteiger partial charge in [-0.3, -0.25) is 0 Å². The maximum atomic E-state index is 12.2. The molecular formula is C14H15ClN2O2S. The van der Waals surface area contributed by atoms with E-state index in [0.29, 0.717) is 19.4 Å². The van der Waals surface area contributed by atoms with E-state index in [1.807, 2.05) is 25.1 Å². The predicted octanol–water partition coefficient (Wildman–Crippen LogP) is 2.63. The van der Waals surface area contributed by atoms with Crippen LogP contribution in [0.3, 0.4) is 0 Å². The molecule has 1 saturated heterocycles. The van der Waals surface area contributed by atoms with Crippen LogP contribution in [0.2, 0.25) is 5.02 Å². The number of hydrogen-bond acceptors (Lipinski definition) is 2. The quantitative estimate of drug-likeness (QED) is 0.813. The zero-order valence-electron chi connectivity index (χ0n) is 11.1. The molecule has 4 rings (SSSR count). The highest BCUT2D eigenvalue weighted by Gasteiger charge is 2.51. The van der Waals surface area contributed by atoms with Crippen LogP contribution in [0.4, 0.5) is 0 Å². The van der Waals surface area contributed by atoms with Crippen molar-refractivity contribution in [3.63, 3.8) is 0 Å². The topological polar surface area (TPSA) is 53.2 Å². The first kappa shape index (κ1) is 12.7. The lowest BCUT2D eigenvalue weighted by Crippen LogP contribution is -2.45. The molecule has 6 heteroatoms. The van der Waals surface area contributed by atoms with Gasteiger partial charge >= 0.3 is 0 Å². The number of nitrogens with one attached hydrogen (secondary N) is 1. The van der Waals surface area contributed by atoms with Gasteiger partial charge in [0.15, 0.2) is 0 Å². The van der Waals surface area contributed by atoms with E-state index < -0.39 is 15.6 Å². The zero-order chi connectivity index (χ0) is 14.1. The summed E-state index contributed by atoms with van der Waals surface area (Å²) in [5.41, 5.74) is 2.75. The number of nitrogens with zero attached hydrogens (tertiary/aromatic N) is 1. The van der Waals surface area contributed by atoms with Gasteiger partial charge in [0.25, 0.3) is 0 Å². The summed E-state index contributed by atoms with van der Waals surface area (Å²) in [6.07, 6.45) is 1.35. The monoisotopic (exact) mass is 310 g/mol. The maximum absolute atomic E-state index is 12.2. The van der Waals surface area contributed by atoms with E-state index in [0.717, 1.165) is 21.6 Å². The first-order valence-electron chi connectivity index (χ1n) is 6.73. The molecule has 1 N–H and O–H groups in total. The SMILES string of the molecule is C[C@]12CCS(=O)(=O)N1CCc1c2[nH]c2cccc(Cl)c12. The minimum atomic E-state index is -3.12. The van der Waals surface area contributed by atoms with Gasteiger partial charge in [0, 0.05) is 23.1 Å². The van der Waals surface area contributed by atoms with Gasteiger partial charge in [0.2, 0.25) is 10.0 Å². The molecule has 106 valence electrons. The Bertz CT molecular complexity index is 827. The van der Waals surface area contributed by atoms with Crippen LogP contribution in [0, 0.1) is 0 Å². The van der Waals surface area contributed by atoms with Gasteiger partial charge in [-0.25, -0.2) is 8.42 Å². The van der Waals surface area contributed by atoms with Crippen molar-refractivity contribution in [2.75, 3.05) is 12.3 Å². The highest BCUT2D eigenvalue weighted by atomic mass is 35.5. The van der Waals surface area contributed by atoms with Gasteiger partial charge in [-0.1, -0.05) is 17.7 Å². The van der Waals surface area contributed by atoms with Crippen LogP contribution in [0.15, 0.2) is 18.2 Å². The number of H-pyrrole nitrogens is 1. The van der Waals surface area contributed by atoms with Gasteiger partial charge in [0.05, 0.1) is 16.3 Å². The second-order valence-electron chi connectivity index (χ2n) is 5.80. The van der Waals surface area contributed by atoms with Crippen molar-refractivity contribution in [1.29, 1.82) is 0 Å². The lowest BCUT2D eigenvalue weighted by Gasteiger charge is -2.37. The fraction of sp³-hybridized carbons (Fsp3) is 0.429. The number of rotatable bonds is 0. The van der Waals surface area contributed by atoms with E-state index >= 15 is 0 Å². The Balaban J connectivity index is 2.03. The standard InChI is InChI=1S/C14H15ClN2O2S/c1-14-6-8-20(18,19)17(14)7-5-9-12-10(15)3-2-4-11(12)16-13(9)14/h2-4,16H,5-8H2,1H3/t14-/m1/s1. The average molecular weight is 311 g/mol. The molecule has 0 amide bonds. The summed E-state index contributed by atoms with van der Waals surface area (Å²) >= 11 is 6.33. The summed E-state index contributed by atoms with van der Waals surface area (Å²) in [4.78, 5) is 3.42. The van der Waals surface area contributed by atoms with E-state index in [4.69, 9.17) is 11.6 Å². The number of aromatic amines is 1. The van der Waals surface area contributed by atoms with E-state index in [9.17, 15) is 8.42 Å². The lowest BCUT2D eigenvalue weighted by atomic mass is 9.86. The molecule has 4 nitrogen and oxygen atoms in total. The van der Waals surface area contributed by atoms with Crippen LogP contribution < -0.4 is 0 Å². The summed E-state index contributed by atoms with van der Waals surface area (Å²) in [6, 6.07) is 5.80. The minimum Gasteiger partial charge on any atom is -0.357 e. The summed E-state index contributed by atoms with van der Waals surface area (Å²) in [5.74, 6) is 0.228. The lowest BCUT2D eigenvalue weighted by molar-refractivity contribution is 0.208. The Morgan fingerprint density at radius 2 is 2.20 bits per heavy atom. The predicted molar refractivity (Wildman–Crippen MR) is 79.5 cm³/mol. The summed E-state index contributed by atoms with van der Waals surface area (Å²) in [7, 11) is -3.12. The molecule has 1 atom stereocenters. The molecule has 2 aliphatic heterocycles. The van der Waals surface area contributed by atoms with Crippen molar-refractivity contribution >= 4 is 32.5 Å². The van der Waals surface area contributed by atoms with Gasteiger partial charge < -0.3 is 4.98 Å². The van der Waals surface area contributed by atoms with Crippen molar-refractivity contribution in [1.82, 2.24) is 9.29 Å². The Hall–Kier alpha value is -1.04. The Morgan fingerprint density at radius 3 is 3.00 bits per heavy atom. The Kier molecular flexibility index (Phi) is 2.40. The van der Waals surface area contributed by atoms with Crippen LogP contribution in [-0.4, -0.2) is 30.0 Å². The average Bonchev–Trinajstić information content (AvgIpc) is 2.88. The van der Waals surface area contributed by atoms with Gasteiger partial charge in [0.1, 0.15) is 0 Å². The molecular weight excluding hydrogens is 296 g/mol. The number of halogens is 1. The Morgan fingerprint density at radius 1 is 1.40 bits per heavy atom. The van der Waals surface area contributed by atoms with Crippen LogP contribution in [-0.2, 0) is 22.0 Å². The van der Waals surface area contributed by atoms with Crippen molar-refractivity contribution < 1.29 is 8.42 Å². The summed E-state index contributed by atoms with van der Waals surface area (Å²) in [6.45, 7) is 2.56. The van der Waals surface area contributed by atoms with Crippen LogP contribution >= 0.6 is 11.6 Å². The van der Waals surface area contributed by atoms with Crippen molar-refractivity contribution in [2.24, 2.45) is 0 Å². The largest absolute Gasteiger partial charge is 0.357 e. The van der Waals surface area contributed by atoms with E-state index in [1.165, 1.54) is 5.56 Å². The first-order chi connectivity index (χ1) is 9.43. The third-order valence-corrected chi connectivity index (χ3v) is 7.01. The van der Waals surface area contributed by atoms with Gasteiger partial charge in [-0.15, -0.1) is 0 Å². The molecule has 0 bridgehead atoms. The van der Waals surface area contributed by atoms with Crippen molar-refractivity contribution in [3.8, 4) is 0 Å². The smallest absolute Gasteiger partial charge is 0.215 e. The molecule has 2 aromatic rings. The summed E-state index contributed by atoms with van der Waals surface area (Å²) in [5, 5.41) is 1.78. The van der Waals surface area contributed by atoms with Crippen LogP contribution in [0.25, 0.3) is 10.9 Å². The highest BCUT2D eigenvalue weighted by Crippen LogP contribution is 2.47. The number of hydrogen-bond donors (Lipinski definition) is 1. The molecule has 0 saturated carbocycles. The number of aromatic nitrogens is 1. The molecule has 1 aromatic carbocycles. The number of sulfonamides is 1. The molecule has 3 heterocycles. The van der Waals surface area contributed by atoms with Crippen molar-refractivity contribution in [3.05, 3.63) is 34.5 Å².